The highest BCUT2D eigenvalue weighted by molar-refractivity contribution is 6.01. The summed E-state index contributed by atoms with van der Waals surface area (Å²) in [5.41, 5.74) is -1.81. The molecule has 0 radical (unpaired) electrons. The van der Waals surface area contributed by atoms with E-state index in [0.717, 1.165) is 6.07 Å². The molecule has 0 spiro atoms. The molecular formula is C15H9F3O5. The molecule has 2 rings (SSSR count). The molecule has 0 atom stereocenters. The molecule has 8 heteroatoms. The highest BCUT2D eigenvalue weighted by Gasteiger charge is 2.36. The Labute approximate surface area is 127 Å². The number of hydrogen-bond acceptors (Lipinski definition) is 5. The maximum absolute atomic E-state index is 12.8. The minimum atomic E-state index is -4.86. The number of methoxy groups -OCH3 is 1. The van der Waals surface area contributed by atoms with Crippen LogP contribution in [0, 0.1) is 12.3 Å². The van der Waals surface area contributed by atoms with E-state index in [-0.39, 0.29) is 41.4 Å². The summed E-state index contributed by atoms with van der Waals surface area (Å²) in [6, 6.07) is 1.40. The van der Waals surface area contributed by atoms with Gasteiger partial charge in [-0.3, -0.25) is 9.59 Å². The third-order valence-corrected chi connectivity index (χ3v) is 2.90. The van der Waals surface area contributed by atoms with Crippen molar-refractivity contribution in [1.29, 1.82) is 0 Å². The number of aldehydes is 1. The Bertz CT molecular complexity index is 859. The Balaban J connectivity index is 2.89. The Morgan fingerprint density at radius 1 is 1.35 bits per heavy atom. The van der Waals surface area contributed by atoms with Crippen molar-refractivity contribution < 1.29 is 31.9 Å². The second-order valence-electron chi connectivity index (χ2n) is 4.28. The van der Waals surface area contributed by atoms with E-state index in [9.17, 15) is 22.8 Å². The Morgan fingerprint density at radius 2 is 2.04 bits per heavy atom. The summed E-state index contributed by atoms with van der Waals surface area (Å²) in [5.74, 6) is 0.387. The predicted octanol–water partition coefficient (Wildman–Crippen LogP) is 2.64. The summed E-state index contributed by atoms with van der Waals surface area (Å²) < 4.78 is 53.1. The van der Waals surface area contributed by atoms with Gasteiger partial charge in [0, 0.05) is 12.1 Å². The fourth-order valence-electron chi connectivity index (χ4n) is 1.95. The van der Waals surface area contributed by atoms with Gasteiger partial charge in [0.1, 0.15) is 12.4 Å². The van der Waals surface area contributed by atoms with E-state index in [4.69, 9.17) is 20.3 Å². The zero-order chi connectivity index (χ0) is 17.2. The van der Waals surface area contributed by atoms with Crippen LogP contribution in [0.25, 0.3) is 11.0 Å². The zero-order valence-electron chi connectivity index (χ0n) is 11.7. The van der Waals surface area contributed by atoms with Crippen molar-refractivity contribution in [1.82, 2.24) is 0 Å². The molecule has 1 heterocycles. The summed E-state index contributed by atoms with van der Waals surface area (Å²) in [6.07, 6.45) is 0.462. The van der Waals surface area contributed by atoms with E-state index < -0.39 is 22.9 Å². The quantitative estimate of drug-likeness (QED) is 0.638. The number of halogens is 3. The summed E-state index contributed by atoms with van der Waals surface area (Å²) in [7, 11) is 1.17. The number of carbonyl (C=O) groups is 1. The summed E-state index contributed by atoms with van der Waals surface area (Å²) in [4.78, 5) is 23.3. The number of terminal acetylenes is 1. The third-order valence-electron chi connectivity index (χ3n) is 2.90. The first kappa shape index (κ1) is 16.4. The molecule has 1 aromatic carbocycles. The molecule has 5 nitrogen and oxygen atoms in total. The van der Waals surface area contributed by atoms with E-state index in [0.29, 0.717) is 0 Å². The first-order chi connectivity index (χ1) is 10.8. The normalized spacial score (nSPS) is 11.1. The van der Waals surface area contributed by atoms with Crippen molar-refractivity contribution in [3.8, 4) is 23.8 Å². The van der Waals surface area contributed by atoms with Gasteiger partial charge in [-0.25, -0.2) is 0 Å². The van der Waals surface area contributed by atoms with Gasteiger partial charge in [0.2, 0.25) is 5.76 Å². The number of alkyl halides is 3. The molecule has 0 bridgehead atoms. The molecule has 0 saturated heterocycles. The van der Waals surface area contributed by atoms with Crippen LogP contribution in [-0.2, 0) is 6.18 Å². The van der Waals surface area contributed by atoms with E-state index in [1.807, 2.05) is 0 Å². The van der Waals surface area contributed by atoms with Crippen molar-refractivity contribution in [2.75, 3.05) is 13.7 Å². The fraction of sp³-hybridized carbons (Fsp3) is 0.200. The zero-order valence-corrected chi connectivity index (χ0v) is 11.7. The van der Waals surface area contributed by atoms with Gasteiger partial charge in [0.25, 0.3) is 0 Å². The van der Waals surface area contributed by atoms with E-state index in [2.05, 4.69) is 5.92 Å². The van der Waals surface area contributed by atoms with Crippen molar-refractivity contribution in [2.45, 2.75) is 6.18 Å². The highest BCUT2D eigenvalue weighted by atomic mass is 19.4. The number of ether oxygens (including phenoxy) is 2. The molecule has 1 aromatic heterocycles. The van der Waals surface area contributed by atoms with Gasteiger partial charge >= 0.3 is 6.18 Å². The molecule has 0 unspecified atom stereocenters. The fourth-order valence-corrected chi connectivity index (χ4v) is 1.95. The van der Waals surface area contributed by atoms with Crippen LogP contribution in [0.4, 0.5) is 13.2 Å². The van der Waals surface area contributed by atoms with Crippen LogP contribution in [-0.4, -0.2) is 20.0 Å². The molecule has 0 aliphatic rings. The highest BCUT2D eigenvalue weighted by Crippen LogP contribution is 2.37. The molecular weight excluding hydrogens is 317 g/mol. The summed E-state index contributed by atoms with van der Waals surface area (Å²) in [5, 5.41) is -0.376. The van der Waals surface area contributed by atoms with Gasteiger partial charge in [0.15, 0.2) is 23.0 Å². The van der Waals surface area contributed by atoms with Crippen LogP contribution in [0.1, 0.15) is 16.1 Å². The number of hydrogen-bond donors (Lipinski definition) is 0. The van der Waals surface area contributed by atoms with Crippen LogP contribution in [0.3, 0.4) is 0 Å². The standard InChI is InChI=1S/C15H9F3O5/c1-3-4-22-10-6-11(21-2)14-13(8(10)7-19)9(20)5-12(23-14)15(16,17)18/h1,5-7H,4H2,2H3. The smallest absolute Gasteiger partial charge is 0.449 e. The number of fused-ring (bicyclic) bond motifs is 1. The van der Waals surface area contributed by atoms with Crippen molar-refractivity contribution in [2.24, 2.45) is 0 Å². The molecule has 120 valence electrons. The number of rotatable bonds is 4. The number of carbonyl (C=O) groups excluding carboxylic acids is 1. The second-order valence-corrected chi connectivity index (χ2v) is 4.28. The van der Waals surface area contributed by atoms with Gasteiger partial charge in [-0.15, -0.1) is 6.42 Å². The lowest BCUT2D eigenvalue weighted by molar-refractivity contribution is -0.152. The minimum absolute atomic E-state index is 0.0886. The van der Waals surface area contributed by atoms with Crippen molar-refractivity contribution in [3.63, 3.8) is 0 Å². The van der Waals surface area contributed by atoms with Gasteiger partial charge < -0.3 is 13.9 Å². The van der Waals surface area contributed by atoms with E-state index >= 15 is 0 Å². The van der Waals surface area contributed by atoms with Crippen molar-refractivity contribution in [3.05, 3.63) is 33.7 Å². The average Bonchev–Trinajstić information content (AvgIpc) is 2.50. The molecule has 0 amide bonds. The molecule has 0 N–H and O–H groups in total. The monoisotopic (exact) mass is 326 g/mol. The number of benzene rings is 1. The van der Waals surface area contributed by atoms with E-state index in [1.165, 1.54) is 7.11 Å². The molecule has 0 saturated carbocycles. The second kappa shape index (κ2) is 6.04. The Kier molecular flexibility index (Phi) is 4.31. The molecule has 2 aromatic rings. The predicted molar refractivity (Wildman–Crippen MR) is 73.8 cm³/mol. The Hall–Kier alpha value is -2.95. The Morgan fingerprint density at radius 3 is 2.57 bits per heavy atom. The molecule has 23 heavy (non-hydrogen) atoms. The molecule has 0 aliphatic carbocycles. The largest absolute Gasteiger partial charge is 0.493 e. The maximum Gasteiger partial charge on any atom is 0.449 e. The summed E-state index contributed by atoms with van der Waals surface area (Å²) in [6.45, 7) is -0.207. The molecule has 0 fully saturated rings. The van der Waals surface area contributed by atoms with Crippen LogP contribution in [0.2, 0.25) is 0 Å². The van der Waals surface area contributed by atoms with E-state index in [1.54, 1.807) is 0 Å². The van der Waals surface area contributed by atoms with Crippen LogP contribution >= 0.6 is 0 Å². The first-order valence-corrected chi connectivity index (χ1v) is 6.11. The van der Waals surface area contributed by atoms with Crippen LogP contribution < -0.4 is 14.9 Å². The SMILES string of the molecule is C#CCOc1cc(OC)c2oc(C(F)(F)F)cc(=O)c2c1C=O. The summed E-state index contributed by atoms with van der Waals surface area (Å²) >= 11 is 0. The lowest BCUT2D eigenvalue weighted by atomic mass is 10.1. The lowest BCUT2D eigenvalue weighted by Crippen LogP contribution is -2.13. The average molecular weight is 326 g/mol. The third kappa shape index (κ3) is 2.99. The van der Waals surface area contributed by atoms with Crippen LogP contribution in [0.15, 0.2) is 21.3 Å². The van der Waals surface area contributed by atoms with Gasteiger partial charge in [-0.2, -0.15) is 13.2 Å². The maximum atomic E-state index is 12.8. The topological polar surface area (TPSA) is 65.7 Å². The minimum Gasteiger partial charge on any atom is -0.493 e. The van der Waals surface area contributed by atoms with Crippen LogP contribution in [0.5, 0.6) is 11.5 Å². The van der Waals surface area contributed by atoms with Gasteiger partial charge in [-0.1, -0.05) is 5.92 Å². The lowest BCUT2D eigenvalue weighted by Gasteiger charge is -2.13. The van der Waals surface area contributed by atoms with Gasteiger partial charge in [0.05, 0.1) is 18.1 Å². The first-order valence-electron chi connectivity index (χ1n) is 6.11. The molecule has 0 aliphatic heterocycles. The van der Waals surface area contributed by atoms with Gasteiger partial charge in [-0.05, 0) is 0 Å². The van der Waals surface area contributed by atoms with Crippen molar-refractivity contribution >= 4 is 17.3 Å².